The Morgan fingerprint density at radius 3 is 2.72 bits per heavy atom. The van der Waals surface area contributed by atoms with Gasteiger partial charge in [-0.05, 0) is 79.6 Å². The van der Waals surface area contributed by atoms with Crippen LogP contribution in [0.15, 0.2) is 47.5 Å². The Labute approximate surface area is 147 Å². The number of nitrogens with zero attached hydrogens (tertiary/aromatic N) is 1. The summed E-state index contributed by atoms with van der Waals surface area (Å²) in [5, 5.41) is 3.15. The second-order valence-electron chi connectivity index (χ2n) is 6.24. The summed E-state index contributed by atoms with van der Waals surface area (Å²) in [6, 6.07) is 12.4. The molecular formula is C20H24FN3O. The van der Waals surface area contributed by atoms with Gasteiger partial charge in [0.1, 0.15) is 11.6 Å². The van der Waals surface area contributed by atoms with Crippen LogP contribution in [0.5, 0.6) is 5.75 Å². The van der Waals surface area contributed by atoms with Crippen LogP contribution < -0.4 is 15.8 Å². The maximum Gasteiger partial charge on any atom is 0.193 e. The van der Waals surface area contributed by atoms with Crippen LogP contribution in [0.3, 0.4) is 0 Å². The minimum absolute atomic E-state index is 0.256. The van der Waals surface area contributed by atoms with E-state index >= 15 is 0 Å². The number of hydrogen-bond acceptors (Lipinski definition) is 2. The van der Waals surface area contributed by atoms with Gasteiger partial charge in [0.05, 0.1) is 6.61 Å². The van der Waals surface area contributed by atoms with E-state index in [-0.39, 0.29) is 5.82 Å². The second kappa shape index (κ2) is 8.51. The normalized spacial score (nSPS) is 13.6. The molecule has 25 heavy (non-hydrogen) atoms. The summed E-state index contributed by atoms with van der Waals surface area (Å²) in [7, 11) is 0. The Hall–Kier alpha value is -2.56. The maximum atomic E-state index is 12.8. The first-order valence-corrected chi connectivity index (χ1v) is 8.78. The predicted octanol–water partition coefficient (Wildman–Crippen LogP) is 3.90. The lowest BCUT2D eigenvalue weighted by Crippen LogP contribution is -2.23. The number of hydrogen-bond donors (Lipinski definition) is 2. The Kier molecular flexibility index (Phi) is 5.88. The van der Waals surface area contributed by atoms with Crippen molar-refractivity contribution in [1.29, 1.82) is 0 Å². The minimum atomic E-state index is -0.256. The van der Waals surface area contributed by atoms with E-state index in [0.717, 1.165) is 24.9 Å². The molecule has 0 heterocycles. The fraction of sp³-hybridized carbons (Fsp3) is 0.350. The molecule has 0 unspecified atom stereocenters. The van der Waals surface area contributed by atoms with Crippen molar-refractivity contribution in [3.8, 4) is 5.75 Å². The number of aryl methyl sites for hydroxylation is 2. The molecule has 3 N–H and O–H groups in total. The molecule has 2 aromatic carbocycles. The molecule has 132 valence electrons. The highest BCUT2D eigenvalue weighted by molar-refractivity contribution is 5.92. The number of nitrogens with one attached hydrogen (secondary N) is 1. The Balaban J connectivity index is 1.35. The van der Waals surface area contributed by atoms with E-state index < -0.39 is 0 Å². The van der Waals surface area contributed by atoms with E-state index in [4.69, 9.17) is 10.5 Å². The van der Waals surface area contributed by atoms with E-state index in [2.05, 4.69) is 28.5 Å². The zero-order chi connectivity index (χ0) is 17.5. The van der Waals surface area contributed by atoms with Gasteiger partial charge in [0, 0.05) is 12.2 Å². The molecule has 0 radical (unpaired) electrons. The summed E-state index contributed by atoms with van der Waals surface area (Å²) in [4.78, 5) is 4.35. The molecule has 2 aromatic rings. The lowest BCUT2D eigenvalue weighted by molar-refractivity contribution is 0.307. The summed E-state index contributed by atoms with van der Waals surface area (Å²) in [6.07, 6.45) is 5.32. The zero-order valence-electron chi connectivity index (χ0n) is 14.3. The number of anilines is 1. The maximum absolute atomic E-state index is 12.8. The Bertz CT molecular complexity index is 728. The number of guanidine groups is 1. The monoisotopic (exact) mass is 341 g/mol. The van der Waals surface area contributed by atoms with Gasteiger partial charge in [0.15, 0.2) is 5.96 Å². The zero-order valence-corrected chi connectivity index (χ0v) is 14.3. The first-order chi connectivity index (χ1) is 12.2. The van der Waals surface area contributed by atoms with Crippen molar-refractivity contribution in [2.45, 2.75) is 32.1 Å². The van der Waals surface area contributed by atoms with E-state index in [0.29, 0.717) is 24.9 Å². The third-order valence-corrected chi connectivity index (χ3v) is 4.29. The van der Waals surface area contributed by atoms with Gasteiger partial charge in [-0.1, -0.05) is 6.07 Å². The van der Waals surface area contributed by atoms with Crippen LogP contribution >= 0.6 is 0 Å². The third kappa shape index (κ3) is 5.21. The number of ether oxygens (including phenoxy) is 1. The van der Waals surface area contributed by atoms with Crippen LogP contribution in [0.25, 0.3) is 0 Å². The van der Waals surface area contributed by atoms with Gasteiger partial charge in [-0.2, -0.15) is 0 Å². The molecule has 4 nitrogen and oxygen atoms in total. The van der Waals surface area contributed by atoms with E-state index in [1.165, 1.54) is 36.1 Å². The highest BCUT2D eigenvalue weighted by Crippen LogP contribution is 2.24. The van der Waals surface area contributed by atoms with Crippen molar-refractivity contribution >= 4 is 11.6 Å². The molecule has 5 heteroatoms. The summed E-state index contributed by atoms with van der Waals surface area (Å²) < 4.78 is 18.3. The molecule has 1 aliphatic carbocycles. The molecule has 0 bridgehead atoms. The number of nitrogens with two attached hydrogens (primary N) is 1. The van der Waals surface area contributed by atoms with Crippen molar-refractivity contribution < 1.29 is 9.13 Å². The minimum Gasteiger partial charge on any atom is -0.494 e. The van der Waals surface area contributed by atoms with E-state index in [1.54, 1.807) is 12.1 Å². The average Bonchev–Trinajstić information content (AvgIpc) is 3.07. The molecule has 0 aliphatic heterocycles. The number of fused-ring (bicyclic) bond motifs is 1. The van der Waals surface area contributed by atoms with Gasteiger partial charge in [0.2, 0.25) is 0 Å². The van der Waals surface area contributed by atoms with Crippen LogP contribution in [-0.2, 0) is 12.8 Å². The van der Waals surface area contributed by atoms with Gasteiger partial charge < -0.3 is 15.8 Å². The van der Waals surface area contributed by atoms with Crippen molar-refractivity contribution in [2.75, 3.05) is 18.5 Å². The smallest absolute Gasteiger partial charge is 0.193 e. The standard InChI is InChI=1S/C20H24FN3O/c21-17-7-10-19(11-8-17)25-13-2-1-12-23-20(22)24-18-9-6-15-4-3-5-16(15)14-18/h6-11,14H,1-5,12-13H2,(H3,22,23,24). The number of benzene rings is 2. The molecule has 0 atom stereocenters. The van der Waals surface area contributed by atoms with Crippen molar-refractivity contribution in [3.05, 3.63) is 59.4 Å². The third-order valence-electron chi connectivity index (χ3n) is 4.29. The molecule has 0 spiro atoms. The van der Waals surface area contributed by atoms with Crippen molar-refractivity contribution in [3.63, 3.8) is 0 Å². The van der Waals surface area contributed by atoms with Gasteiger partial charge in [-0.25, -0.2) is 4.39 Å². The number of halogens is 1. The highest BCUT2D eigenvalue weighted by atomic mass is 19.1. The molecule has 0 fully saturated rings. The molecule has 0 saturated heterocycles. The fourth-order valence-electron chi connectivity index (χ4n) is 2.97. The van der Waals surface area contributed by atoms with Crippen molar-refractivity contribution in [2.24, 2.45) is 10.7 Å². The number of rotatable bonds is 7. The van der Waals surface area contributed by atoms with Crippen molar-refractivity contribution in [1.82, 2.24) is 0 Å². The Morgan fingerprint density at radius 2 is 1.88 bits per heavy atom. The van der Waals surface area contributed by atoms with Crippen LogP contribution in [0.2, 0.25) is 0 Å². The Morgan fingerprint density at radius 1 is 1.08 bits per heavy atom. The van der Waals surface area contributed by atoms with E-state index in [9.17, 15) is 4.39 Å². The number of aliphatic imine (C=N–C) groups is 1. The summed E-state index contributed by atoms with van der Waals surface area (Å²) in [6.45, 7) is 1.23. The van der Waals surface area contributed by atoms with Gasteiger partial charge >= 0.3 is 0 Å². The van der Waals surface area contributed by atoms with Gasteiger partial charge in [0.25, 0.3) is 0 Å². The van der Waals surface area contributed by atoms with Crippen LogP contribution in [-0.4, -0.2) is 19.1 Å². The largest absolute Gasteiger partial charge is 0.494 e. The molecule has 3 rings (SSSR count). The number of unbranched alkanes of at least 4 members (excludes halogenated alkanes) is 1. The predicted molar refractivity (Wildman–Crippen MR) is 99.7 cm³/mol. The quantitative estimate of drug-likeness (QED) is 0.456. The van der Waals surface area contributed by atoms with Crippen LogP contribution in [0.1, 0.15) is 30.4 Å². The lowest BCUT2D eigenvalue weighted by Gasteiger charge is -2.08. The van der Waals surface area contributed by atoms with Gasteiger partial charge in [-0.15, -0.1) is 0 Å². The lowest BCUT2D eigenvalue weighted by atomic mass is 10.1. The van der Waals surface area contributed by atoms with Crippen LogP contribution in [0.4, 0.5) is 10.1 Å². The molecule has 0 aromatic heterocycles. The first-order valence-electron chi connectivity index (χ1n) is 8.78. The SMILES string of the molecule is NC(=NCCCCOc1ccc(F)cc1)Nc1ccc2c(c1)CCC2. The summed E-state index contributed by atoms with van der Waals surface area (Å²) >= 11 is 0. The fourth-order valence-corrected chi connectivity index (χ4v) is 2.97. The molecule has 1 aliphatic rings. The summed E-state index contributed by atoms with van der Waals surface area (Å²) in [5.41, 5.74) is 9.80. The van der Waals surface area contributed by atoms with Crippen LogP contribution in [0, 0.1) is 5.82 Å². The average molecular weight is 341 g/mol. The first kappa shape index (κ1) is 17.3. The van der Waals surface area contributed by atoms with Gasteiger partial charge in [-0.3, -0.25) is 4.99 Å². The molecular weight excluding hydrogens is 317 g/mol. The van der Waals surface area contributed by atoms with E-state index in [1.807, 2.05) is 0 Å². The molecule has 0 saturated carbocycles. The highest BCUT2D eigenvalue weighted by Gasteiger charge is 2.10. The molecule has 0 amide bonds. The second-order valence-corrected chi connectivity index (χ2v) is 6.24. The topological polar surface area (TPSA) is 59.6 Å². The summed E-state index contributed by atoms with van der Waals surface area (Å²) in [5.74, 6) is 0.869.